The summed E-state index contributed by atoms with van der Waals surface area (Å²) in [6.07, 6.45) is 2.52. The summed E-state index contributed by atoms with van der Waals surface area (Å²) in [5.41, 5.74) is -0.385. The fourth-order valence-electron chi connectivity index (χ4n) is 2.25. The van der Waals surface area contributed by atoms with Gasteiger partial charge < -0.3 is 20.4 Å². The van der Waals surface area contributed by atoms with Crippen molar-refractivity contribution in [2.45, 2.75) is 26.7 Å². The Morgan fingerprint density at radius 1 is 1.24 bits per heavy atom. The van der Waals surface area contributed by atoms with Gasteiger partial charge in [0, 0.05) is 12.0 Å². The molecule has 1 fully saturated rings. The quantitative estimate of drug-likeness (QED) is 0.603. The third-order valence-electron chi connectivity index (χ3n) is 3.90. The van der Waals surface area contributed by atoms with Gasteiger partial charge in [-0.15, -0.1) is 0 Å². The van der Waals surface area contributed by atoms with Crippen molar-refractivity contribution in [1.82, 2.24) is 10.2 Å². The van der Waals surface area contributed by atoms with Gasteiger partial charge in [-0.2, -0.15) is 0 Å². The van der Waals surface area contributed by atoms with E-state index in [0.29, 0.717) is 6.54 Å². The zero-order valence-corrected chi connectivity index (χ0v) is 11.3. The predicted molar refractivity (Wildman–Crippen MR) is 70.0 cm³/mol. The lowest BCUT2D eigenvalue weighted by Gasteiger charge is -2.32. The van der Waals surface area contributed by atoms with Gasteiger partial charge in [0.2, 0.25) is 0 Å². The Hall–Kier alpha value is -0.160. The molecule has 0 aromatic heterocycles. The Balaban J connectivity index is 2.15. The van der Waals surface area contributed by atoms with E-state index in [4.69, 9.17) is 0 Å². The van der Waals surface area contributed by atoms with E-state index in [1.165, 1.54) is 25.9 Å². The van der Waals surface area contributed by atoms with Crippen LogP contribution in [-0.4, -0.2) is 61.1 Å². The maximum Gasteiger partial charge on any atom is 0.0518 e. The standard InChI is InChI=1S/C13H28N2O2/c1-3-15-6-4-12(5-7-15)8-14-9-13(2,10-16)11-17/h12,14,16-17H,3-11H2,1-2H3. The van der Waals surface area contributed by atoms with Gasteiger partial charge in [0.05, 0.1) is 13.2 Å². The Morgan fingerprint density at radius 3 is 2.29 bits per heavy atom. The largest absolute Gasteiger partial charge is 0.396 e. The van der Waals surface area contributed by atoms with E-state index in [-0.39, 0.29) is 18.6 Å². The van der Waals surface area contributed by atoms with Gasteiger partial charge in [-0.3, -0.25) is 0 Å². The summed E-state index contributed by atoms with van der Waals surface area (Å²) in [7, 11) is 0. The monoisotopic (exact) mass is 244 g/mol. The van der Waals surface area contributed by atoms with Gasteiger partial charge in [0.15, 0.2) is 0 Å². The summed E-state index contributed by atoms with van der Waals surface area (Å²) in [6.45, 7) is 9.45. The van der Waals surface area contributed by atoms with Crippen molar-refractivity contribution in [3.05, 3.63) is 0 Å². The highest BCUT2D eigenvalue weighted by atomic mass is 16.3. The Labute approximate surface area is 105 Å². The summed E-state index contributed by atoms with van der Waals surface area (Å²) in [4.78, 5) is 2.49. The first-order chi connectivity index (χ1) is 8.13. The molecule has 17 heavy (non-hydrogen) atoms. The van der Waals surface area contributed by atoms with Crippen LogP contribution in [0.2, 0.25) is 0 Å². The van der Waals surface area contributed by atoms with E-state index in [9.17, 15) is 10.2 Å². The lowest BCUT2D eigenvalue weighted by atomic mass is 9.92. The van der Waals surface area contributed by atoms with Crippen molar-refractivity contribution in [3.63, 3.8) is 0 Å². The molecule has 0 bridgehead atoms. The van der Waals surface area contributed by atoms with E-state index in [2.05, 4.69) is 17.1 Å². The average molecular weight is 244 g/mol. The van der Waals surface area contributed by atoms with E-state index in [0.717, 1.165) is 19.0 Å². The maximum absolute atomic E-state index is 9.18. The predicted octanol–water partition coefficient (Wildman–Crippen LogP) is 0.299. The minimum absolute atomic E-state index is 0.0325. The van der Waals surface area contributed by atoms with Crippen LogP contribution in [0.15, 0.2) is 0 Å². The number of nitrogens with one attached hydrogen (secondary N) is 1. The molecule has 4 heteroatoms. The third-order valence-corrected chi connectivity index (χ3v) is 3.90. The van der Waals surface area contributed by atoms with Crippen LogP contribution in [-0.2, 0) is 0 Å². The molecule has 1 heterocycles. The summed E-state index contributed by atoms with van der Waals surface area (Å²) in [6, 6.07) is 0. The molecule has 1 rings (SSSR count). The van der Waals surface area contributed by atoms with Crippen molar-refractivity contribution in [3.8, 4) is 0 Å². The third kappa shape index (κ3) is 4.92. The highest BCUT2D eigenvalue weighted by Gasteiger charge is 2.23. The summed E-state index contributed by atoms with van der Waals surface area (Å²) < 4.78 is 0. The molecule has 0 aromatic carbocycles. The van der Waals surface area contributed by atoms with Crippen LogP contribution in [0.1, 0.15) is 26.7 Å². The molecule has 0 unspecified atom stereocenters. The zero-order chi connectivity index (χ0) is 12.7. The number of piperidine rings is 1. The van der Waals surface area contributed by atoms with E-state index < -0.39 is 0 Å². The van der Waals surface area contributed by atoms with Crippen molar-refractivity contribution in [1.29, 1.82) is 0 Å². The number of nitrogens with zero attached hydrogens (tertiary/aromatic N) is 1. The van der Waals surface area contributed by atoms with Crippen LogP contribution in [0.5, 0.6) is 0 Å². The second-order valence-corrected chi connectivity index (χ2v) is 5.64. The number of hydrogen-bond donors (Lipinski definition) is 3. The summed E-state index contributed by atoms with van der Waals surface area (Å²) in [5.74, 6) is 0.749. The van der Waals surface area contributed by atoms with Crippen LogP contribution in [0.25, 0.3) is 0 Å². The maximum atomic E-state index is 9.18. The first-order valence-electron chi connectivity index (χ1n) is 6.78. The minimum atomic E-state index is -0.385. The van der Waals surface area contributed by atoms with Crippen molar-refractivity contribution in [2.75, 3.05) is 45.9 Å². The van der Waals surface area contributed by atoms with Crippen molar-refractivity contribution < 1.29 is 10.2 Å². The number of rotatable bonds is 7. The van der Waals surface area contributed by atoms with E-state index in [1.807, 2.05) is 6.92 Å². The smallest absolute Gasteiger partial charge is 0.0518 e. The molecule has 0 spiro atoms. The fraction of sp³-hybridized carbons (Fsp3) is 1.00. The number of aliphatic hydroxyl groups excluding tert-OH is 2. The van der Waals surface area contributed by atoms with Crippen LogP contribution >= 0.6 is 0 Å². The first kappa shape index (κ1) is 14.9. The lowest BCUT2D eigenvalue weighted by Crippen LogP contribution is -2.42. The zero-order valence-electron chi connectivity index (χ0n) is 11.3. The molecule has 0 aliphatic carbocycles. The molecule has 0 amide bonds. The molecule has 102 valence electrons. The van der Waals surface area contributed by atoms with Crippen LogP contribution in [0.3, 0.4) is 0 Å². The normalized spacial score (nSPS) is 19.8. The van der Waals surface area contributed by atoms with Crippen LogP contribution in [0.4, 0.5) is 0 Å². The van der Waals surface area contributed by atoms with Gasteiger partial charge >= 0.3 is 0 Å². The van der Waals surface area contributed by atoms with Gasteiger partial charge in [-0.1, -0.05) is 13.8 Å². The molecule has 0 aromatic rings. The van der Waals surface area contributed by atoms with Gasteiger partial charge in [0.25, 0.3) is 0 Å². The number of aliphatic hydroxyl groups is 2. The molecule has 0 atom stereocenters. The van der Waals surface area contributed by atoms with Gasteiger partial charge in [-0.05, 0) is 44.9 Å². The van der Waals surface area contributed by atoms with Crippen LogP contribution in [0, 0.1) is 11.3 Å². The Morgan fingerprint density at radius 2 is 1.82 bits per heavy atom. The molecule has 1 saturated heterocycles. The Bertz CT molecular complexity index is 200. The summed E-state index contributed by atoms with van der Waals surface area (Å²) >= 11 is 0. The topological polar surface area (TPSA) is 55.7 Å². The minimum Gasteiger partial charge on any atom is -0.396 e. The second kappa shape index (κ2) is 7.31. The van der Waals surface area contributed by atoms with E-state index in [1.54, 1.807) is 0 Å². The first-order valence-corrected chi connectivity index (χ1v) is 6.78. The SMILES string of the molecule is CCN1CCC(CNCC(C)(CO)CO)CC1. The van der Waals surface area contributed by atoms with Crippen LogP contribution < -0.4 is 5.32 Å². The molecule has 1 aliphatic heterocycles. The number of likely N-dealkylation sites (tertiary alicyclic amines) is 1. The molecule has 0 radical (unpaired) electrons. The van der Waals surface area contributed by atoms with Crippen molar-refractivity contribution in [2.24, 2.45) is 11.3 Å². The van der Waals surface area contributed by atoms with E-state index >= 15 is 0 Å². The molecular weight excluding hydrogens is 216 g/mol. The lowest BCUT2D eigenvalue weighted by molar-refractivity contribution is 0.0678. The second-order valence-electron chi connectivity index (χ2n) is 5.64. The van der Waals surface area contributed by atoms with Gasteiger partial charge in [-0.25, -0.2) is 0 Å². The molecular formula is C13H28N2O2. The fourth-order valence-corrected chi connectivity index (χ4v) is 2.25. The molecule has 4 nitrogen and oxygen atoms in total. The number of hydrogen-bond acceptors (Lipinski definition) is 4. The van der Waals surface area contributed by atoms with Crippen molar-refractivity contribution >= 4 is 0 Å². The Kier molecular flexibility index (Phi) is 6.41. The molecule has 0 saturated carbocycles. The molecule has 1 aliphatic rings. The average Bonchev–Trinajstić information content (AvgIpc) is 2.39. The summed E-state index contributed by atoms with van der Waals surface area (Å²) in [5, 5.41) is 21.8. The highest BCUT2D eigenvalue weighted by molar-refractivity contribution is 4.78. The highest BCUT2D eigenvalue weighted by Crippen LogP contribution is 2.17. The molecule has 3 N–H and O–H groups in total. The van der Waals surface area contributed by atoms with Gasteiger partial charge in [0.1, 0.15) is 0 Å².